The van der Waals surface area contributed by atoms with E-state index in [9.17, 15) is 19.7 Å². The third-order valence-electron chi connectivity index (χ3n) is 5.70. The minimum atomic E-state index is -0.524. The molecule has 242 valence electrons. The Morgan fingerprint density at radius 3 is 1.64 bits per heavy atom. The Morgan fingerprint density at radius 1 is 0.773 bits per heavy atom. The molecule has 0 fully saturated rings. The standard InChI is InChI=1S/C15H19N3O4.C15H21N3O2.2CH4/c1-15(2,3)22-14(19)16-7-6-11-8-10-4-5-12(18(20)21)9-13(10)17-11;1-15(2,3)20-14(19)17-7-6-12-8-10-4-5-11(16)9-13(10)18-12;;/h4-5,8-9,17H,6-7H2,1-3H3,(H,16,19);4-5,8-9,18H,6-7,16H2,1-3H3,(H,17,19);2*1H4. The Hall–Kier alpha value is -4.74. The number of benzene rings is 2. The molecule has 44 heavy (non-hydrogen) atoms. The van der Waals surface area contributed by atoms with Gasteiger partial charge in [-0.3, -0.25) is 10.1 Å². The van der Waals surface area contributed by atoms with Crippen molar-refractivity contribution in [3.8, 4) is 0 Å². The van der Waals surface area contributed by atoms with Gasteiger partial charge in [0.25, 0.3) is 5.69 Å². The van der Waals surface area contributed by atoms with Gasteiger partial charge in [0, 0.05) is 66.0 Å². The molecular formula is C32H48N6O6. The number of nitrogens with two attached hydrogens (primary N) is 1. The van der Waals surface area contributed by atoms with Gasteiger partial charge in [0.2, 0.25) is 0 Å². The lowest BCUT2D eigenvalue weighted by atomic mass is 10.2. The Bertz CT molecular complexity index is 1540. The van der Waals surface area contributed by atoms with E-state index in [0.29, 0.717) is 31.4 Å². The number of aromatic amines is 2. The lowest BCUT2D eigenvalue weighted by Crippen LogP contribution is -2.33. The first-order valence-electron chi connectivity index (χ1n) is 13.6. The van der Waals surface area contributed by atoms with Crippen LogP contribution in [0.2, 0.25) is 0 Å². The number of aromatic nitrogens is 2. The summed E-state index contributed by atoms with van der Waals surface area (Å²) in [5.74, 6) is 0. The van der Waals surface area contributed by atoms with Crippen LogP contribution in [0, 0.1) is 10.1 Å². The average molecular weight is 613 g/mol. The van der Waals surface area contributed by atoms with Crippen LogP contribution in [-0.4, -0.2) is 51.4 Å². The molecule has 0 saturated carbocycles. The lowest BCUT2D eigenvalue weighted by Gasteiger charge is -2.19. The van der Waals surface area contributed by atoms with Crippen LogP contribution in [0.15, 0.2) is 48.5 Å². The van der Waals surface area contributed by atoms with Crippen molar-refractivity contribution in [2.75, 3.05) is 18.8 Å². The van der Waals surface area contributed by atoms with Crippen LogP contribution in [0.25, 0.3) is 21.8 Å². The zero-order chi connectivity index (χ0) is 31.1. The molecule has 0 atom stereocenters. The summed E-state index contributed by atoms with van der Waals surface area (Å²) >= 11 is 0. The van der Waals surface area contributed by atoms with Gasteiger partial charge in [0.15, 0.2) is 0 Å². The van der Waals surface area contributed by atoms with Crippen LogP contribution in [0.4, 0.5) is 21.0 Å². The topological polar surface area (TPSA) is 177 Å². The minimum absolute atomic E-state index is 0. The van der Waals surface area contributed by atoms with E-state index in [1.54, 1.807) is 26.8 Å². The number of nitro benzene ring substituents is 1. The normalized spacial score (nSPS) is 11.0. The predicted molar refractivity (Wildman–Crippen MR) is 177 cm³/mol. The van der Waals surface area contributed by atoms with Gasteiger partial charge in [-0.05, 0) is 77.3 Å². The summed E-state index contributed by atoms with van der Waals surface area (Å²) in [5, 5.41) is 18.2. The highest BCUT2D eigenvalue weighted by Gasteiger charge is 2.16. The molecule has 12 heteroatoms. The van der Waals surface area contributed by atoms with Crippen molar-refractivity contribution in [1.29, 1.82) is 0 Å². The molecule has 2 aromatic heterocycles. The molecule has 2 amide bonds. The van der Waals surface area contributed by atoms with E-state index in [-0.39, 0.29) is 20.5 Å². The third kappa shape index (κ3) is 12.2. The molecule has 2 aromatic carbocycles. The first kappa shape index (κ1) is 37.3. The quantitative estimate of drug-likeness (QED) is 0.0829. The maximum atomic E-state index is 11.5. The van der Waals surface area contributed by atoms with E-state index in [4.69, 9.17) is 15.2 Å². The van der Waals surface area contributed by atoms with Gasteiger partial charge in [-0.2, -0.15) is 0 Å². The number of rotatable bonds is 7. The zero-order valence-corrected chi connectivity index (χ0v) is 24.9. The Morgan fingerprint density at radius 2 is 1.20 bits per heavy atom. The minimum Gasteiger partial charge on any atom is -0.444 e. The van der Waals surface area contributed by atoms with Crippen molar-refractivity contribution < 1.29 is 24.0 Å². The van der Waals surface area contributed by atoms with E-state index in [0.717, 1.165) is 33.4 Å². The molecule has 4 rings (SSSR count). The highest BCUT2D eigenvalue weighted by Crippen LogP contribution is 2.22. The van der Waals surface area contributed by atoms with Crippen LogP contribution in [-0.2, 0) is 22.3 Å². The maximum absolute atomic E-state index is 11.5. The molecule has 12 nitrogen and oxygen atoms in total. The van der Waals surface area contributed by atoms with Gasteiger partial charge in [-0.1, -0.05) is 20.9 Å². The smallest absolute Gasteiger partial charge is 0.407 e. The molecule has 0 spiro atoms. The summed E-state index contributed by atoms with van der Waals surface area (Å²) in [7, 11) is 0. The molecule has 0 unspecified atom stereocenters. The number of carbonyl (C=O) groups is 2. The molecule has 0 saturated heterocycles. The molecule has 0 radical (unpaired) electrons. The number of nitrogens with one attached hydrogen (secondary N) is 4. The number of hydrogen-bond donors (Lipinski definition) is 5. The fraction of sp³-hybridized carbons (Fsp3) is 0.438. The number of non-ortho nitro benzene ring substituents is 1. The molecule has 0 aliphatic heterocycles. The Labute approximate surface area is 259 Å². The van der Waals surface area contributed by atoms with Crippen molar-refractivity contribution in [2.45, 2.75) is 80.4 Å². The second-order valence-corrected chi connectivity index (χ2v) is 11.8. The number of carbonyl (C=O) groups excluding carboxylic acids is 2. The van der Waals surface area contributed by atoms with Gasteiger partial charge >= 0.3 is 12.2 Å². The molecule has 0 bridgehead atoms. The number of H-pyrrole nitrogens is 2. The average Bonchev–Trinajstić information content (AvgIpc) is 3.44. The highest BCUT2D eigenvalue weighted by atomic mass is 16.6. The van der Waals surface area contributed by atoms with Crippen molar-refractivity contribution in [1.82, 2.24) is 20.6 Å². The Kier molecular flexibility index (Phi) is 13.3. The highest BCUT2D eigenvalue weighted by molar-refractivity contribution is 5.84. The summed E-state index contributed by atoms with van der Waals surface area (Å²) in [5.41, 5.74) is 9.20. The third-order valence-corrected chi connectivity index (χ3v) is 5.70. The summed E-state index contributed by atoms with van der Waals surface area (Å²) in [6.45, 7) is 11.9. The number of nitrogens with zero attached hydrogens (tertiary/aromatic N) is 1. The maximum Gasteiger partial charge on any atom is 0.407 e. The van der Waals surface area contributed by atoms with E-state index in [1.807, 2.05) is 45.0 Å². The van der Waals surface area contributed by atoms with E-state index >= 15 is 0 Å². The number of ether oxygens (including phenoxy) is 2. The first-order chi connectivity index (χ1) is 19.6. The first-order valence-corrected chi connectivity index (χ1v) is 13.6. The largest absolute Gasteiger partial charge is 0.444 e. The van der Waals surface area contributed by atoms with Gasteiger partial charge in [-0.25, -0.2) is 9.59 Å². The summed E-state index contributed by atoms with van der Waals surface area (Å²) in [6.07, 6.45) is 0.451. The van der Waals surface area contributed by atoms with Gasteiger partial charge in [0.05, 0.1) is 10.4 Å². The van der Waals surface area contributed by atoms with Crippen molar-refractivity contribution >= 4 is 45.4 Å². The van der Waals surface area contributed by atoms with Crippen LogP contribution < -0.4 is 16.4 Å². The second kappa shape index (κ2) is 15.6. The van der Waals surface area contributed by atoms with Crippen LogP contribution >= 0.6 is 0 Å². The second-order valence-electron chi connectivity index (χ2n) is 11.8. The summed E-state index contributed by atoms with van der Waals surface area (Å²) in [6, 6.07) is 14.4. The number of amides is 2. The molecule has 2 heterocycles. The van der Waals surface area contributed by atoms with Crippen molar-refractivity contribution in [3.63, 3.8) is 0 Å². The number of fused-ring (bicyclic) bond motifs is 2. The number of nitro groups is 1. The van der Waals surface area contributed by atoms with Crippen molar-refractivity contribution in [2.24, 2.45) is 0 Å². The van der Waals surface area contributed by atoms with Crippen LogP contribution in [0.5, 0.6) is 0 Å². The van der Waals surface area contributed by atoms with Gasteiger partial charge in [-0.15, -0.1) is 0 Å². The van der Waals surface area contributed by atoms with E-state index in [1.165, 1.54) is 12.1 Å². The fourth-order valence-corrected chi connectivity index (χ4v) is 3.99. The number of alkyl carbamates (subject to hydrolysis) is 2. The molecule has 0 aliphatic rings. The van der Waals surface area contributed by atoms with Crippen molar-refractivity contribution in [3.05, 3.63) is 70.0 Å². The van der Waals surface area contributed by atoms with Gasteiger partial charge in [0.1, 0.15) is 11.2 Å². The number of nitrogen functional groups attached to an aromatic ring is 1. The zero-order valence-electron chi connectivity index (χ0n) is 24.9. The van der Waals surface area contributed by atoms with Gasteiger partial charge < -0.3 is 35.8 Å². The van der Waals surface area contributed by atoms with Crippen LogP contribution in [0.1, 0.15) is 67.8 Å². The lowest BCUT2D eigenvalue weighted by molar-refractivity contribution is -0.384. The Balaban J connectivity index is 0.000000422. The molecule has 6 N–H and O–H groups in total. The molecule has 4 aromatic rings. The summed E-state index contributed by atoms with van der Waals surface area (Å²) in [4.78, 5) is 39.7. The number of hydrogen-bond acceptors (Lipinski definition) is 7. The predicted octanol–water partition coefficient (Wildman–Crippen LogP) is 7.23. The fourth-order valence-electron chi connectivity index (χ4n) is 3.99. The summed E-state index contributed by atoms with van der Waals surface area (Å²) < 4.78 is 10.3. The number of anilines is 1. The molecular weight excluding hydrogens is 564 g/mol. The SMILES string of the molecule is C.C.CC(C)(C)OC(=O)NCCc1cc2ccc(N)cc2[nH]1.CC(C)(C)OC(=O)NCCc1cc2ccc([N+](=O)[O-])cc2[nH]1. The van der Waals surface area contributed by atoms with E-state index in [2.05, 4.69) is 26.7 Å². The molecule has 0 aliphatic carbocycles. The monoisotopic (exact) mass is 612 g/mol. The van der Waals surface area contributed by atoms with E-state index < -0.39 is 28.3 Å². The van der Waals surface area contributed by atoms with Crippen LogP contribution in [0.3, 0.4) is 0 Å².